The molecule has 24 nitrogen and oxygen atoms in total. The quantitative estimate of drug-likeness (QED) is 0.0209. The summed E-state index contributed by atoms with van der Waals surface area (Å²) in [6, 6.07) is 69.2. The van der Waals surface area contributed by atoms with Gasteiger partial charge in [-0.25, -0.2) is 19.6 Å². The maximum Gasteiger partial charge on any atom is 0.343 e. The molecule has 14 aromatic rings. The Hall–Kier alpha value is -13.3. The van der Waals surface area contributed by atoms with Crippen molar-refractivity contribution in [2.75, 3.05) is 24.6 Å². The Bertz CT molecular complexity index is 6600. The normalized spacial score (nSPS) is 13.2. The summed E-state index contributed by atoms with van der Waals surface area (Å²) in [6.45, 7) is -2.76. The van der Waals surface area contributed by atoms with Crippen molar-refractivity contribution < 1.29 is 64.2 Å². The van der Waals surface area contributed by atoms with Gasteiger partial charge in [0.2, 0.25) is 0 Å². The fourth-order valence-electron chi connectivity index (χ4n) is 15.0. The fraction of sp³-hybridized carbons (Fsp3) is 0.0698. The topological polar surface area (TPSA) is 345 Å². The minimum Gasteiger partial charge on any atom is -0.423 e. The van der Waals surface area contributed by atoms with Gasteiger partial charge in [-0.15, -0.1) is 0 Å². The number of halogens is 4. The number of imide groups is 2. The lowest BCUT2D eigenvalue weighted by Gasteiger charge is -2.24. The van der Waals surface area contributed by atoms with E-state index in [0.717, 1.165) is 9.80 Å². The van der Waals surface area contributed by atoms with Crippen LogP contribution >= 0.6 is 46.4 Å². The van der Waals surface area contributed by atoms with Gasteiger partial charge < -0.3 is 18.4 Å². The average Bonchev–Trinajstić information content (AvgIpc) is 1.52. The largest absolute Gasteiger partial charge is 0.423 e. The molecule has 10 aromatic carbocycles. The van der Waals surface area contributed by atoms with E-state index in [9.17, 15) is 65.2 Å². The van der Waals surface area contributed by atoms with Crippen molar-refractivity contribution in [3.8, 4) is 46.2 Å². The van der Waals surface area contributed by atoms with Crippen molar-refractivity contribution in [2.24, 2.45) is 0 Å². The first-order chi connectivity index (χ1) is 56.8. The second-order valence-electron chi connectivity index (χ2n) is 27.5. The van der Waals surface area contributed by atoms with Crippen LogP contribution in [-0.4, -0.2) is 138 Å². The van der Waals surface area contributed by atoms with Crippen molar-refractivity contribution in [3.05, 3.63) is 318 Å². The summed E-state index contributed by atoms with van der Waals surface area (Å²) in [7, 11) is -8.89. The number of nitriles is 2. The lowest BCUT2D eigenvalue weighted by molar-refractivity contribution is 0.0639. The third kappa shape index (κ3) is 15.2. The fourth-order valence-corrected chi connectivity index (χ4v) is 16.6. The molecule has 2 N–H and O–H groups in total. The highest BCUT2D eigenvalue weighted by atomic mass is 35.5. The smallest absolute Gasteiger partial charge is 0.343 e. The van der Waals surface area contributed by atoms with E-state index in [0.29, 0.717) is 32.9 Å². The number of benzene rings is 10. The number of amides is 4. The predicted molar refractivity (Wildman–Crippen MR) is 448 cm³/mol. The number of hydrogen-bond donors (Lipinski definition) is 2. The third-order valence-electron chi connectivity index (χ3n) is 20.1. The van der Waals surface area contributed by atoms with Gasteiger partial charge in [0.05, 0.1) is 110 Å². The van der Waals surface area contributed by atoms with Gasteiger partial charge in [0.15, 0.2) is 0 Å². The van der Waals surface area contributed by atoms with Gasteiger partial charge in [0.25, 0.3) is 43.9 Å². The summed E-state index contributed by atoms with van der Waals surface area (Å²) in [5.41, 5.74) is 3.58. The molecule has 4 aromatic heterocycles. The van der Waals surface area contributed by atoms with Crippen LogP contribution in [0, 0.1) is 22.7 Å². The highest BCUT2D eigenvalue weighted by molar-refractivity contribution is 7.86. The molecule has 0 bridgehead atoms. The number of carbonyl (C=O) groups is 6. The van der Waals surface area contributed by atoms with E-state index in [4.69, 9.17) is 75.8 Å². The molecular formula is C86H54B2Cl4N10O14S2. The molecule has 6 heterocycles. The summed E-state index contributed by atoms with van der Waals surface area (Å²) < 4.78 is 82.1. The molecule has 0 fully saturated rings. The molecule has 578 valence electrons. The summed E-state index contributed by atoms with van der Waals surface area (Å²) in [4.78, 5) is 107. The van der Waals surface area contributed by atoms with Crippen molar-refractivity contribution in [1.82, 2.24) is 38.7 Å². The number of nitrogens with zero attached hydrogens (tertiary/aromatic N) is 10. The van der Waals surface area contributed by atoms with E-state index >= 15 is 0 Å². The number of rotatable bonds is 22. The zero-order valence-corrected chi connectivity index (χ0v) is 65.7. The van der Waals surface area contributed by atoms with Crippen molar-refractivity contribution in [3.63, 3.8) is 0 Å². The van der Waals surface area contributed by atoms with Gasteiger partial charge >= 0.3 is 25.6 Å². The monoisotopic (exact) mass is 1680 g/mol. The Kier molecular flexibility index (Phi) is 21.4. The number of carbonyl (C=O) groups excluding carboxylic acids is 6. The van der Waals surface area contributed by atoms with E-state index in [1.54, 1.807) is 36.4 Å². The molecule has 0 saturated carbocycles. The summed E-state index contributed by atoms with van der Waals surface area (Å²) >= 11 is 26.9. The van der Waals surface area contributed by atoms with Crippen molar-refractivity contribution >= 4 is 182 Å². The molecule has 0 aliphatic carbocycles. The minimum atomic E-state index is -4.45. The van der Waals surface area contributed by atoms with Gasteiger partial charge in [0.1, 0.15) is 46.2 Å². The molecule has 0 spiro atoms. The van der Waals surface area contributed by atoms with Gasteiger partial charge in [-0.1, -0.05) is 214 Å². The first-order valence-corrected chi connectivity index (χ1v) is 40.9. The zero-order chi connectivity index (χ0) is 82.6. The number of esters is 2. The van der Waals surface area contributed by atoms with E-state index in [-0.39, 0.29) is 168 Å². The van der Waals surface area contributed by atoms with Crippen LogP contribution < -0.4 is 42.0 Å². The average molecular weight is 1680 g/mol. The molecule has 16 rings (SSSR count). The van der Waals surface area contributed by atoms with Crippen LogP contribution in [0.2, 0.25) is 20.1 Å². The molecule has 0 radical (unpaired) electrons. The maximum atomic E-state index is 15.0. The molecule has 32 heteroatoms. The van der Waals surface area contributed by atoms with Gasteiger partial charge in [0, 0.05) is 46.4 Å². The summed E-state index contributed by atoms with van der Waals surface area (Å²) in [5, 5.41) is 26.7. The highest BCUT2D eigenvalue weighted by Crippen LogP contribution is 2.40. The predicted octanol–water partition coefficient (Wildman–Crippen LogP) is 11.2. The van der Waals surface area contributed by atoms with Crippen LogP contribution in [0.5, 0.6) is 11.5 Å². The first-order valence-electron chi connectivity index (χ1n) is 36.2. The van der Waals surface area contributed by atoms with Crippen LogP contribution in [0.15, 0.2) is 243 Å². The maximum absolute atomic E-state index is 15.0. The number of hydrogen-bond acceptors (Lipinski definition) is 18. The van der Waals surface area contributed by atoms with Crippen LogP contribution in [0.25, 0.3) is 66.5 Å². The minimum absolute atomic E-state index is 0.000621. The van der Waals surface area contributed by atoms with Crippen molar-refractivity contribution in [1.29, 1.82) is 10.5 Å². The second kappa shape index (κ2) is 32.1. The Morgan fingerprint density at radius 1 is 0.415 bits per heavy atom. The molecular weight excluding hydrogens is 1620 g/mol. The van der Waals surface area contributed by atoms with Crippen LogP contribution in [-0.2, 0) is 20.2 Å². The number of fused-ring (bicyclic) bond motifs is 5. The molecule has 0 atom stereocenters. The summed E-state index contributed by atoms with van der Waals surface area (Å²) in [5.74, 6) is -6.76. The Balaban J connectivity index is 1.04. The Morgan fingerprint density at radius 2 is 0.746 bits per heavy atom. The standard InChI is InChI=1S/C86H54B2Cl4N10O14S2/c89-65-41-69-71(43-67(65)91)97-73(47-95-69)63(45-93)79-76-75(77(101(79)87(53-19-5-1-6-20-53)54-21-7-2-8-22-54)49-17-13-27-57(37-49)115-85(107)51-29-31-59-61(39-51)83(105)99(81(59)103)33-15-35-117(109,110)111)80(64(46-94)74-48-96-70-42-66(90)68(92)44-72(70)98-74)102(88(55-23-9-3-10-24-55)56-25-11-4-12-26-56)78(76)50-18-14-28-58(38-50)116-86(108)52-30-32-60-62(40-52)84(106)100(82(60)104)34-16-36-118(112,113)114/h1-14,17-32,37-44,47-48H,15-16,33-36H2,(H,109,110,111)(H,112,113,114)/b79-63-,80-64-. The van der Waals surface area contributed by atoms with E-state index in [1.165, 1.54) is 85.2 Å². The molecule has 2 aliphatic heterocycles. The van der Waals surface area contributed by atoms with E-state index in [2.05, 4.69) is 12.1 Å². The summed E-state index contributed by atoms with van der Waals surface area (Å²) in [6.07, 6.45) is 2.30. The SMILES string of the molecule is N#C/C(c1cnc2cc(Cl)c(Cl)cc2n1)=c1\c2c(-c3cccc(OC(=O)c4ccc5c(c4)C(=O)N(CCCS(=O)(=O)O)C5=O)c3)n(B(c3ccccc3)c3ccccc3)/c(=C(/C#N)c3cnc4cc(Cl)c(Cl)cc4n3)c2c(-c2cccc(OC(=O)c3ccc4c(c3)C(=O)N(CCCS(=O)(=O)O)C4=O)c2)n1B(c1ccccc1)c1ccccc1. The molecule has 4 amide bonds. The van der Waals surface area contributed by atoms with E-state index in [1.807, 2.05) is 130 Å². The zero-order valence-electron chi connectivity index (χ0n) is 61.1. The lowest BCUT2D eigenvalue weighted by atomic mass is 9.50. The number of ether oxygens (including phenoxy) is 2. The van der Waals surface area contributed by atoms with E-state index < -0.39 is 81.0 Å². The molecule has 0 unspecified atom stereocenters. The van der Waals surface area contributed by atoms with Gasteiger partial charge in [-0.05, 0) is 97.8 Å². The molecule has 118 heavy (non-hydrogen) atoms. The number of aromatic nitrogens is 6. The van der Waals surface area contributed by atoms with Crippen LogP contribution in [0.4, 0.5) is 0 Å². The van der Waals surface area contributed by atoms with Crippen molar-refractivity contribution in [2.45, 2.75) is 12.8 Å². The van der Waals surface area contributed by atoms with Crippen LogP contribution in [0.1, 0.15) is 86.4 Å². The lowest BCUT2D eigenvalue weighted by Crippen LogP contribution is -2.54. The van der Waals surface area contributed by atoms with Gasteiger partial charge in [-0.3, -0.25) is 48.1 Å². The van der Waals surface area contributed by atoms with Gasteiger partial charge in [-0.2, -0.15) is 27.4 Å². The third-order valence-corrected chi connectivity index (χ3v) is 23.2. The first kappa shape index (κ1) is 78.6. The Labute approximate surface area is 692 Å². The second-order valence-corrected chi connectivity index (χ2v) is 32.3. The Morgan fingerprint density at radius 3 is 1.08 bits per heavy atom. The molecule has 0 saturated heterocycles. The highest BCUT2D eigenvalue weighted by Gasteiger charge is 2.41. The van der Waals surface area contributed by atoms with Crippen LogP contribution in [0.3, 0.4) is 0 Å². The molecule has 2 aliphatic rings.